The molecule has 8 nitrogen and oxygen atoms in total. The van der Waals surface area contributed by atoms with E-state index in [4.69, 9.17) is 9.84 Å². The molecule has 1 aliphatic rings. The highest BCUT2D eigenvalue weighted by Gasteiger charge is 2.30. The summed E-state index contributed by atoms with van der Waals surface area (Å²) in [4.78, 5) is 24.8. The number of hydrogen-bond donors (Lipinski definition) is 1. The number of nitrogens with zero attached hydrogens (tertiary/aromatic N) is 2. The van der Waals surface area contributed by atoms with E-state index in [1.54, 1.807) is 11.0 Å². The van der Waals surface area contributed by atoms with Crippen LogP contribution in [0.25, 0.3) is 0 Å². The second-order valence-corrected chi connectivity index (χ2v) is 8.02. The molecule has 0 saturated carbocycles. The average molecular weight is 396 g/mol. The quantitative estimate of drug-likeness (QED) is 0.497. The van der Waals surface area contributed by atoms with Gasteiger partial charge in [-0.1, -0.05) is 6.08 Å². The van der Waals surface area contributed by atoms with E-state index in [1.807, 2.05) is 0 Å². The van der Waals surface area contributed by atoms with Crippen molar-refractivity contribution >= 4 is 21.9 Å². The number of carboxylic acid groups (broad SMARTS) is 1. The van der Waals surface area contributed by atoms with E-state index in [0.29, 0.717) is 39.1 Å². The van der Waals surface area contributed by atoms with Gasteiger partial charge in [0.25, 0.3) is 0 Å². The van der Waals surface area contributed by atoms with Crippen LogP contribution in [0.3, 0.4) is 0 Å². The minimum absolute atomic E-state index is 0.0138. The van der Waals surface area contributed by atoms with Crippen molar-refractivity contribution in [3.63, 3.8) is 0 Å². The van der Waals surface area contributed by atoms with Gasteiger partial charge >= 0.3 is 5.97 Å². The van der Waals surface area contributed by atoms with Crippen LogP contribution in [0.2, 0.25) is 0 Å². The molecule has 148 valence electrons. The van der Waals surface area contributed by atoms with Crippen LogP contribution < -0.4 is 0 Å². The smallest absolute Gasteiger partial charge is 0.335 e. The van der Waals surface area contributed by atoms with E-state index >= 15 is 0 Å². The molecule has 2 rings (SSSR count). The Kier molecular flexibility index (Phi) is 7.52. The van der Waals surface area contributed by atoms with Crippen LogP contribution in [0, 0.1) is 0 Å². The molecule has 1 N–H and O–H groups in total. The molecule has 0 spiro atoms. The molecule has 0 aliphatic carbocycles. The van der Waals surface area contributed by atoms with Crippen molar-refractivity contribution in [2.75, 3.05) is 39.4 Å². The number of benzene rings is 1. The maximum absolute atomic E-state index is 12.7. The predicted molar refractivity (Wildman–Crippen MR) is 99.0 cm³/mol. The molecule has 0 bridgehead atoms. The van der Waals surface area contributed by atoms with Gasteiger partial charge in [-0.25, -0.2) is 13.2 Å². The fraction of sp³-hybridized carbons (Fsp3) is 0.444. The Morgan fingerprint density at radius 1 is 1.15 bits per heavy atom. The van der Waals surface area contributed by atoms with Crippen molar-refractivity contribution < 1.29 is 27.9 Å². The Bertz CT molecular complexity index is 768. The van der Waals surface area contributed by atoms with E-state index in [2.05, 4.69) is 6.58 Å². The van der Waals surface area contributed by atoms with Crippen molar-refractivity contribution in [3.05, 3.63) is 42.5 Å². The van der Waals surface area contributed by atoms with Crippen molar-refractivity contribution in [2.24, 2.45) is 0 Å². The number of piperazine rings is 1. The summed E-state index contributed by atoms with van der Waals surface area (Å²) in [6, 6.07) is 5.12. The Morgan fingerprint density at radius 3 is 2.33 bits per heavy atom. The Morgan fingerprint density at radius 2 is 1.78 bits per heavy atom. The van der Waals surface area contributed by atoms with Gasteiger partial charge in [-0.05, 0) is 30.7 Å². The van der Waals surface area contributed by atoms with Crippen LogP contribution in [0.1, 0.15) is 23.2 Å². The van der Waals surface area contributed by atoms with Gasteiger partial charge in [0, 0.05) is 39.2 Å². The average Bonchev–Trinajstić information content (AvgIpc) is 2.67. The molecular formula is C18H24N2O6S. The number of amides is 1. The van der Waals surface area contributed by atoms with Gasteiger partial charge in [0.2, 0.25) is 15.9 Å². The predicted octanol–water partition coefficient (Wildman–Crippen LogP) is 1.20. The Labute approximate surface area is 159 Å². The van der Waals surface area contributed by atoms with E-state index in [1.165, 1.54) is 28.6 Å². The zero-order valence-electron chi connectivity index (χ0n) is 15.0. The number of ether oxygens (including phenoxy) is 1. The number of carboxylic acids is 1. The summed E-state index contributed by atoms with van der Waals surface area (Å²) in [5.74, 6) is -1.12. The number of sulfonamides is 1. The number of carbonyl (C=O) groups excluding carboxylic acids is 1. The van der Waals surface area contributed by atoms with Crippen LogP contribution in [0.4, 0.5) is 0 Å². The van der Waals surface area contributed by atoms with Gasteiger partial charge in [0.1, 0.15) is 0 Å². The van der Waals surface area contributed by atoms with Crippen LogP contribution in [-0.4, -0.2) is 74.0 Å². The van der Waals surface area contributed by atoms with E-state index in [9.17, 15) is 18.0 Å². The normalized spacial score (nSPS) is 15.5. The molecule has 27 heavy (non-hydrogen) atoms. The van der Waals surface area contributed by atoms with Crippen molar-refractivity contribution in [1.29, 1.82) is 0 Å². The summed E-state index contributed by atoms with van der Waals surface area (Å²) in [7, 11) is -3.71. The molecule has 1 fully saturated rings. The number of rotatable bonds is 9. The van der Waals surface area contributed by atoms with E-state index in [-0.39, 0.29) is 29.5 Å². The van der Waals surface area contributed by atoms with Gasteiger partial charge in [-0.15, -0.1) is 6.58 Å². The minimum Gasteiger partial charge on any atom is -0.478 e. The molecule has 9 heteroatoms. The first-order valence-corrected chi connectivity index (χ1v) is 10.1. The third kappa shape index (κ3) is 5.62. The summed E-state index contributed by atoms with van der Waals surface area (Å²) in [5.41, 5.74) is 0.0291. The van der Waals surface area contributed by atoms with Gasteiger partial charge in [-0.3, -0.25) is 4.79 Å². The largest absolute Gasteiger partial charge is 0.478 e. The highest BCUT2D eigenvalue weighted by molar-refractivity contribution is 7.89. The van der Waals surface area contributed by atoms with Crippen molar-refractivity contribution in [1.82, 2.24) is 9.21 Å². The summed E-state index contributed by atoms with van der Waals surface area (Å²) < 4.78 is 31.9. The fourth-order valence-electron chi connectivity index (χ4n) is 2.75. The summed E-state index contributed by atoms with van der Waals surface area (Å²) in [6.45, 7) is 5.57. The van der Waals surface area contributed by atoms with E-state index in [0.717, 1.165) is 0 Å². The molecule has 1 aliphatic heterocycles. The third-order valence-corrected chi connectivity index (χ3v) is 6.16. The first-order valence-electron chi connectivity index (χ1n) is 8.66. The molecule has 0 atom stereocenters. The summed E-state index contributed by atoms with van der Waals surface area (Å²) in [5, 5.41) is 8.90. The lowest BCUT2D eigenvalue weighted by Gasteiger charge is -2.34. The highest BCUT2D eigenvalue weighted by atomic mass is 32.2. The molecule has 1 amide bonds. The van der Waals surface area contributed by atoms with Gasteiger partial charge in [-0.2, -0.15) is 4.31 Å². The highest BCUT2D eigenvalue weighted by Crippen LogP contribution is 2.18. The van der Waals surface area contributed by atoms with Gasteiger partial charge in [0.15, 0.2) is 0 Å². The summed E-state index contributed by atoms with van der Waals surface area (Å²) >= 11 is 0. The van der Waals surface area contributed by atoms with Crippen LogP contribution in [0.5, 0.6) is 0 Å². The van der Waals surface area contributed by atoms with Gasteiger partial charge < -0.3 is 14.7 Å². The number of aromatic carboxylic acids is 1. The zero-order chi connectivity index (χ0) is 19.9. The Balaban J connectivity index is 1.87. The molecule has 0 aromatic heterocycles. The molecule has 1 heterocycles. The monoisotopic (exact) mass is 396 g/mol. The maximum atomic E-state index is 12.7. The molecular weight excluding hydrogens is 372 g/mol. The molecule has 0 unspecified atom stereocenters. The summed E-state index contributed by atoms with van der Waals surface area (Å²) in [6.07, 6.45) is 2.62. The molecule has 0 radical (unpaired) electrons. The van der Waals surface area contributed by atoms with E-state index < -0.39 is 16.0 Å². The SMILES string of the molecule is C=CCOCCCC(=O)N1CCN(S(=O)(=O)c2ccc(C(=O)O)cc2)CC1. The molecule has 1 aromatic carbocycles. The minimum atomic E-state index is -3.71. The zero-order valence-corrected chi connectivity index (χ0v) is 15.9. The first-order chi connectivity index (χ1) is 12.9. The van der Waals surface area contributed by atoms with Crippen LogP contribution in [-0.2, 0) is 19.6 Å². The molecule has 1 saturated heterocycles. The lowest BCUT2D eigenvalue weighted by Crippen LogP contribution is -2.50. The first kappa shape index (κ1) is 21.1. The van der Waals surface area contributed by atoms with Crippen molar-refractivity contribution in [2.45, 2.75) is 17.7 Å². The standard InChI is InChI=1S/C18H24N2O6S/c1-2-13-26-14-3-4-17(21)19-9-11-20(12-10-19)27(24,25)16-7-5-15(6-8-16)18(22)23/h2,5-8H,1,3-4,9-14H2,(H,22,23). The lowest BCUT2D eigenvalue weighted by molar-refractivity contribution is -0.132. The fourth-order valence-corrected chi connectivity index (χ4v) is 4.17. The number of carbonyl (C=O) groups is 2. The van der Waals surface area contributed by atoms with Crippen LogP contribution >= 0.6 is 0 Å². The third-order valence-electron chi connectivity index (χ3n) is 4.25. The van der Waals surface area contributed by atoms with Crippen molar-refractivity contribution in [3.8, 4) is 0 Å². The number of hydrogen-bond acceptors (Lipinski definition) is 5. The molecule has 1 aromatic rings. The second kappa shape index (κ2) is 9.63. The second-order valence-electron chi connectivity index (χ2n) is 6.08. The van der Waals surface area contributed by atoms with Crippen LogP contribution in [0.15, 0.2) is 41.8 Å². The van der Waals surface area contributed by atoms with Gasteiger partial charge in [0.05, 0.1) is 17.1 Å². The maximum Gasteiger partial charge on any atom is 0.335 e. The topological polar surface area (TPSA) is 104 Å². The Hall–Kier alpha value is -2.23. The lowest BCUT2D eigenvalue weighted by atomic mass is 10.2.